The summed E-state index contributed by atoms with van der Waals surface area (Å²) in [6.07, 6.45) is 4.20. The molecule has 3 rings (SSSR count). The zero-order valence-corrected chi connectivity index (χ0v) is 9.30. The van der Waals surface area contributed by atoms with Crippen molar-refractivity contribution < 1.29 is 4.42 Å². The molecule has 84 valence electrons. The lowest BCUT2D eigenvalue weighted by Crippen LogP contribution is -2.07. The maximum Gasteiger partial charge on any atom is 0.439 e. The van der Waals surface area contributed by atoms with Crippen LogP contribution in [0.4, 0.5) is 0 Å². The van der Waals surface area contributed by atoms with Gasteiger partial charge in [-0.2, -0.15) is 4.98 Å². The van der Waals surface area contributed by atoms with Crippen LogP contribution in [0.1, 0.15) is 12.6 Å². The van der Waals surface area contributed by atoms with Crippen LogP contribution < -0.4 is 5.76 Å². The van der Waals surface area contributed by atoms with Crippen molar-refractivity contribution in [3.8, 4) is 0 Å². The quantitative estimate of drug-likeness (QED) is 0.597. The minimum absolute atomic E-state index is 0.544. The van der Waals surface area contributed by atoms with Crippen LogP contribution >= 0.6 is 0 Å². The summed E-state index contributed by atoms with van der Waals surface area (Å²) in [4.78, 5) is 19.2. The zero-order valence-electron chi connectivity index (χ0n) is 9.30. The van der Waals surface area contributed by atoms with E-state index in [1.54, 1.807) is 12.4 Å². The van der Waals surface area contributed by atoms with Gasteiger partial charge in [0, 0.05) is 23.2 Å². The number of fused-ring (bicyclic) bond motifs is 2. The minimum atomic E-state index is -0.544. The summed E-state index contributed by atoms with van der Waals surface area (Å²) in [5, 5.41) is 2.92. The molecule has 0 fully saturated rings. The SMILES string of the molecule is CCc1nc(=O)oc2cc3cnccc3cc12. The summed E-state index contributed by atoms with van der Waals surface area (Å²) < 4.78 is 5.12. The van der Waals surface area contributed by atoms with Gasteiger partial charge in [0.15, 0.2) is 0 Å². The normalized spacial score (nSPS) is 11.1. The average Bonchev–Trinajstić information content (AvgIpc) is 2.35. The number of aromatic nitrogens is 2. The van der Waals surface area contributed by atoms with Crippen LogP contribution in [0.2, 0.25) is 0 Å². The lowest BCUT2D eigenvalue weighted by molar-refractivity contribution is 0.527. The number of hydrogen-bond donors (Lipinski definition) is 0. The van der Waals surface area contributed by atoms with Crippen LogP contribution in [-0.4, -0.2) is 9.97 Å². The van der Waals surface area contributed by atoms with Gasteiger partial charge in [0.25, 0.3) is 0 Å². The number of rotatable bonds is 1. The molecule has 2 heterocycles. The highest BCUT2D eigenvalue weighted by Crippen LogP contribution is 2.22. The summed E-state index contributed by atoms with van der Waals surface area (Å²) in [6.45, 7) is 1.97. The second kappa shape index (κ2) is 3.66. The van der Waals surface area contributed by atoms with Gasteiger partial charge in [0.2, 0.25) is 0 Å². The van der Waals surface area contributed by atoms with E-state index in [1.165, 1.54) is 0 Å². The first-order chi connectivity index (χ1) is 8.28. The van der Waals surface area contributed by atoms with Gasteiger partial charge in [-0.05, 0) is 30.0 Å². The predicted molar refractivity (Wildman–Crippen MR) is 65.0 cm³/mol. The Morgan fingerprint density at radius 2 is 2.18 bits per heavy atom. The molecule has 0 aliphatic rings. The van der Waals surface area contributed by atoms with E-state index >= 15 is 0 Å². The Labute approximate surface area is 96.9 Å². The van der Waals surface area contributed by atoms with Gasteiger partial charge >= 0.3 is 5.76 Å². The molecule has 0 aliphatic carbocycles. The first-order valence-electron chi connectivity index (χ1n) is 5.45. The van der Waals surface area contributed by atoms with Gasteiger partial charge in [-0.1, -0.05) is 6.92 Å². The molecule has 4 nitrogen and oxygen atoms in total. The van der Waals surface area contributed by atoms with Crippen LogP contribution in [0.25, 0.3) is 21.7 Å². The standard InChI is InChI=1S/C13H10N2O2/c1-2-11-10-5-8-3-4-14-7-9(8)6-12(10)17-13(16)15-11/h3-7H,2H2,1H3. The van der Waals surface area contributed by atoms with Crippen molar-refractivity contribution in [1.29, 1.82) is 0 Å². The fourth-order valence-electron chi connectivity index (χ4n) is 1.98. The van der Waals surface area contributed by atoms with Gasteiger partial charge in [-0.25, -0.2) is 4.79 Å². The Morgan fingerprint density at radius 3 is 3.00 bits per heavy atom. The van der Waals surface area contributed by atoms with Crippen LogP contribution in [0.3, 0.4) is 0 Å². The van der Waals surface area contributed by atoms with Crippen molar-refractivity contribution in [3.05, 3.63) is 46.8 Å². The van der Waals surface area contributed by atoms with Gasteiger partial charge in [-0.15, -0.1) is 0 Å². The zero-order chi connectivity index (χ0) is 11.8. The third kappa shape index (κ3) is 1.58. The Kier molecular flexibility index (Phi) is 2.14. The molecule has 0 unspecified atom stereocenters. The fourth-order valence-corrected chi connectivity index (χ4v) is 1.98. The Morgan fingerprint density at radius 1 is 1.29 bits per heavy atom. The first kappa shape index (κ1) is 9.96. The molecule has 0 aliphatic heterocycles. The van der Waals surface area contributed by atoms with Crippen molar-refractivity contribution in [1.82, 2.24) is 9.97 Å². The molecule has 4 heteroatoms. The predicted octanol–water partition coefficient (Wildman–Crippen LogP) is 2.30. The number of pyridine rings is 1. The van der Waals surface area contributed by atoms with E-state index in [0.29, 0.717) is 12.0 Å². The molecule has 0 spiro atoms. The maximum absolute atomic E-state index is 11.3. The van der Waals surface area contributed by atoms with Crippen LogP contribution in [0.15, 0.2) is 39.8 Å². The summed E-state index contributed by atoms with van der Waals surface area (Å²) in [5.41, 5.74) is 1.34. The summed E-state index contributed by atoms with van der Waals surface area (Å²) >= 11 is 0. The second-order valence-electron chi connectivity index (χ2n) is 3.85. The van der Waals surface area contributed by atoms with Crippen molar-refractivity contribution in [2.45, 2.75) is 13.3 Å². The molecule has 17 heavy (non-hydrogen) atoms. The fraction of sp³-hybridized carbons (Fsp3) is 0.154. The van der Waals surface area contributed by atoms with Crippen molar-refractivity contribution in [2.24, 2.45) is 0 Å². The van der Waals surface area contributed by atoms with Crippen molar-refractivity contribution in [3.63, 3.8) is 0 Å². The monoisotopic (exact) mass is 226 g/mol. The van der Waals surface area contributed by atoms with Crippen LogP contribution in [-0.2, 0) is 6.42 Å². The topological polar surface area (TPSA) is 56.0 Å². The Balaban J connectivity index is 2.51. The maximum atomic E-state index is 11.3. The lowest BCUT2D eigenvalue weighted by atomic mass is 10.1. The van der Waals surface area contributed by atoms with Crippen LogP contribution in [0.5, 0.6) is 0 Å². The lowest BCUT2D eigenvalue weighted by Gasteiger charge is -2.03. The number of hydrogen-bond acceptors (Lipinski definition) is 4. The number of aryl methyl sites for hydroxylation is 1. The molecule has 0 N–H and O–H groups in total. The van der Waals surface area contributed by atoms with Gasteiger partial charge in [0.05, 0.1) is 5.69 Å². The van der Waals surface area contributed by atoms with Gasteiger partial charge < -0.3 is 4.42 Å². The first-order valence-corrected chi connectivity index (χ1v) is 5.45. The van der Waals surface area contributed by atoms with E-state index in [1.807, 2.05) is 25.1 Å². The summed E-state index contributed by atoms with van der Waals surface area (Å²) in [5.74, 6) is -0.544. The van der Waals surface area contributed by atoms with E-state index in [4.69, 9.17) is 4.42 Å². The molecule has 0 atom stereocenters. The largest absolute Gasteiger partial charge is 0.439 e. The summed E-state index contributed by atoms with van der Waals surface area (Å²) in [7, 11) is 0. The minimum Gasteiger partial charge on any atom is -0.408 e. The highest BCUT2D eigenvalue weighted by Gasteiger charge is 2.07. The number of benzene rings is 1. The number of nitrogens with zero attached hydrogens (tertiary/aromatic N) is 2. The second-order valence-corrected chi connectivity index (χ2v) is 3.85. The highest BCUT2D eigenvalue weighted by molar-refractivity contribution is 5.95. The summed E-state index contributed by atoms with van der Waals surface area (Å²) in [6, 6.07) is 5.75. The Bertz CT molecular complexity index is 762. The smallest absolute Gasteiger partial charge is 0.408 e. The molecular formula is C13H10N2O2. The van der Waals surface area contributed by atoms with Gasteiger partial charge in [0.1, 0.15) is 5.58 Å². The molecule has 2 aromatic heterocycles. The Hall–Kier alpha value is -2.23. The van der Waals surface area contributed by atoms with E-state index in [-0.39, 0.29) is 0 Å². The third-order valence-corrected chi connectivity index (χ3v) is 2.81. The molecule has 0 radical (unpaired) electrons. The molecule has 1 aromatic carbocycles. The molecule has 0 amide bonds. The average molecular weight is 226 g/mol. The molecule has 0 bridgehead atoms. The van der Waals surface area contributed by atoms with E-state index in [2.05, 4.69) is 9.97 Å². The molecule has 0 saturated heterocycles. The highest BCUT2D eigenvalue weighted by atomic mass is 16.4. The van der Waals surface area contributed by atoms with E-state index in [9.17, 15) is 4.79 Å². The van der Waals surface area contributed by atoms with Crippen molar-refractivity contribution in [2.75, 3.05) is 0 Å². The van der Waals surface area contributed by atoms with Crippen molar-refractivity contribution >= 4 is 21.7 Å². The van der Waals surface area contributed by atoms with E-state index in [0.717, 1.165) is 21.9 Å². The third-order valence-electron chi connectivity index (χ3n) is 2.81. The molecule has 0 saturated carbocycles. The van der Waals surface area contributed by atoms with Gasteiger partial charge in [-0.3, -0.25) is 4.98 Å². The van der Waals surface area contributed by atoms with E-state index < -0.39 is 5.76 Å². The molecular weight excluding hydrogens is 216 g/mol. The van der Waals surface area contributed by atoms with Crippen LogP contribution in [0, 0.1) is 0 Å². The molecule has 3 aromatic rings.